The molecule has 42 heavy (non-hydrogen) atoms. The largest absolute Gasteiger partial charge is 0.481 e. The summed E-state index contributed by atoms with van der Waals surface area (Å²) in [5.74, 6) is -0.381. The molecule has 1 N–H and O–H groups in total. The summed E-state index contributed by atoms with van der Waals surface area (Å²) in [7, 11) is 0. The summed E-state index contributed by atoms with van der Waals surface area (Å²) < 4.78 is 64.4. The molecule has 0 heterocycles. The standard InChI is InChI=1S/C27H53ClO14/c28-2-4-32-6-8-34-10-12-36-14-16-38-18-20-40-22-24-42-26-25-41-23-21-39-19-17-37-15-13-35-11-9-33-7-5-31-3-1-27(29)30/h1-26H2,(H,29,30). The minimum Gasteiger partial charge on any atom is -0.481 e. The topological polar surface area (TPSA) is 148 Å². The van der Waals surface area contributed by atoms with Gasteiger partial charge in [-0.2, -0.15) is 0 Å². The number of carboxylic acids is 1. The molecule has 0 aliphatic heterocycles. The Balaban J connectivity index is 3.03. The van der Waals surface area contributed by atoms with Crippen molar-refractivity contribution >= 4 is 17.6 Å². The summed E-state index contributed by atoms with van der Waals surface area (Å²) >= 11 is 5.50. The molecule has 0 rings (SSSR count). The summed E-state index contributed by atoms with van der Waals surface area (Å²) in [5.41, 5.74) is 0. The molecule has 0 aromatic rings. The first-order chi connectivity index (χ1) is 20.8. The number of ether oxygens (including phenoxy) is 12. The Morgan fingerprint density at radius 3 is 0.667 bits per heavy atom. The molecule has 0 aromatic carbocycles. The maximum Gasteiger partial charge on any atom is 0.305 e. The molecule has 0 saturated heterocycles. The number of rotatable bonds is 38. The number of aliphatic carboxylic acids is 1. The fourth-order valence-electron chi connectivity index (χ4n) is 2.74. The highest BCUT2D eigenvalue weighted by molar-refractivity contribution is 6.17. The Morgan fingerprint density at radius 1 is 0.333 bits per heavy atom. The van der Waals surface area contributed by atoms with Crippen LogP contribution in [0.15, 0.2) is 0 Å². The molecule has 0 saturated carbocycles. The van der Waals surface area contributed by atoms with E-state index in [1.54, 1.807) is 0 Å². The van der Waals surface area contributed by atoms with Crippen molar-refractivity contribution in [3.63, 3.8) is 0 Å². The van der Waals surface area contributed by atoms with E-state index in [-0.39, 0.29) is 13.0 Å². The molecular weight excluding hydrogens is 584 g/mol. The van der Waals surface area contributed by atoms with Crippen LogP contribution in [0.2, 0.25) is 0 Å². The van der Waals surface area contributed by atoms with Crippen LogP contribution in [0, 0.1) is 0 Å². The van der Waals surface area contributed by atoms with Gasteiger partial charge in [-0.1, -0.05) is 0 Å². The van der Waals surface area contributed by atoms with E-state index in [9.17, 15) is 4.79 Å². The lowest BCUT2D eigenvalue weighted by Crippen LogP contribution is -2.15. The summed E-state index contributed by atoms with van der Waals surface area (Å²) in [5, 5.41) is 8.48. The Labute approximate surface area is 255 Å². The predicted molar refractivity (Wildman–Crippen MR) is 153 cm³/mol. The third kappa shape index (κ3) is 39.3. The van der Waals surface area contributed by atoms with Gasteiger partial charge in [-0.05, 0) is 0 Å². The molecule has 252 valence electrons. The van der Waals surface area contributed by atoms with Gasteiger partial charge in [0.05, 0.1) is 165 Å². The van der Waals surface area contributed by atoms with E-state index >= 15 is 0 Å². The second kappa shape index (κ2) is 38.3. The van der Waals surface area contributed by atoms with Crippen molar-refractivity contribution < 1.29 is 66.7 Å². The summed E-state index contributed by atoms with van der Waals surface area (Å²) in [4.78, 5) is 10.3. The van der Waals surface area contributed by atoms with Gasteiger partial charge in [-0.15, -0.1) is 11.6 Å². The third-order valence-corrected chi connectivity index (χ3v) is 4.93. The molecule has 0 bridgehead atoms. The minimum absolute atomic E-state index is 0.00227. The fraction of sp³-hybridized carbons (Fsp3) is 0.963. The van der Waals surface area contributed by atoms with E-state index in [2.05, 4.69) is 0 Å². The lowest BCUT2D eigenvalue weighted by atomic mass is 10.5. The van der Waals surface area contributed by atoms with Crippen LogP contribution in [-0.4, -0.2) is 176 Å². The van der Waals surface area contributed by atoms with Gasteiger partial charge in [-0.25, -0.2) is 0 Å². The number of hydrogen-bond acceptors (Lipinski definition) is 13. The molecule has 0 fully saturated rings. The van der Waals surface area contributed by atoms with Gasteiger partial charge in [0.2, 0.25) is 0 Å². The molecule has 0 radical (unpaired) electrons. The summed E-state index contributed by atoms with van der Waals surface area (Å²) in [6, 6.07) is 0. The zero-order valence-electron chi connectivity index (χ0n) is 25.0. The Hall–Kier alpha value is -0.720. The molecular formula is C27H53ClO14. The summed E-state index contributed by atoms with van der Waals surface area (Å²) in [6.07, 6.45) is -0.00227. The van der Waals surface area contributed by atoms with Crippen LogP contribution < -0.4 is 0 Å². The van der Waals surface area contributed by atoms with Crippen LogP contribution in [0.5, 0.6) is 0 Å². The first-order valence-electron chi connectivity index (χ1n) is 14.5. The Kier molecular flexibility index (Phi) is 37.6. The van der Waals surface area contributed by atoms with E-state index in [4.69, 9.17) is 73.5 Å². The first-order valence-corrected chi connectivity index (χ1v) is 15.0. The quantitative estimate of drug-likeness (QED) is 0.0755. The minimum atomic E-state index is -0.874. The molecule has 0 unspecified atom stereocenters. The highest BCUT2D eigenvalue weighted by Gasteiger charge is 1.98. The van der Waals surface area contributed by atoms with Crippen LogP contribution in [0.1, 0.15) is 6.42 Å². The van der Waals surface area contributed by atoms with Crippen molar-refractivity contribution in [2.45, 2.75) is 6.42 Å². The highest BCUT2D eigenvalue weighted by Crippen LogP contribution is 1.88. The maximum atomic E-state index is 10.3. The van der Waals surface area contributed by atoms with Gasteiger partial charge in [0.15, 0.2) is 0 Å². The monoisotopic (exact) mass is 636 g/mol. The van der Waals surface area contributed by atoms with Gasteiger partial charge >= 0.3 is 5.97 Å². The van der Waals surface area contributed by atoms with Gasteiger partial charge in [0, 0.05) is 5.88 Å². The van der Waals surface area contributed by atoms with Gasteiger partial charge in [0.25, 0.3) is 0 Å². The van der Waals surface area contributed by atoms with Crippen molar-refractivity contribution in [1.82, 2.24) is 0 Å². The van der Waals surface area contributed by atoms with Gasteiger partial charge in [0.1, 0.15) is 0 Å². The van der Waals surface area contributed by atoms with Crippen molar-refractivity contribution in [1.29, 1.82) is 0 Å². The lowest BCUT2D eigenvalue weighted by Gasteiger charge is -2.09. The molecule has 15 heteroatoms. The average molecular weight is 637 g/mol. The van der Waals surface area contributed by atoms with Crippen molar-refractivity contribution in [2.75, 3.05) is 164 Å². The Bertz CT molecular complexity index is 521. The molecule has 0 atom stereocenters. The van der Waals surface area contributed by atoms with Crippen molar-refractivity contribution in [2.24, 2.45) is 0 Å². The zero-order valence-corrected chi connectivity index (χ0v) is 25.8. The third-order valence-electron chi connectivity index (χ3n) is 4.77. The second-order valence-corrected chi connectivity index (χ2v) is 8.56. The van der Waals surface area contributed by atoms with Gasteiger partial charge in [-0.3, -0.25) is 4.79 Å². The number of halogens is 1. The predicted octanol–water partition coefficient (Wildman–Crippen LogP) is 0.899. The molecule has 14 nitrogen and oxygen atoms in total. The van der Waals surface area contributed by atoms with E-state index in [0.717, 1.165) is 0 Å². The molecule has 0 spiro atoms. The Morgan fingerprint density at radius 2 is 0.500 bits per heavy atom. The fourth-order valence-corrected chi connectivity index (χ4v) is 2.84. The zero-order chi connectivity index (χ0) is 30.4. The molecule has 0 amide bonds. The van der Waals surface area contributed by atoms with Crippen LogP contribution >= 0.6 is 11.6 Å². The normalized spacial score (nSPS) is 11.5. The number of hydrogen-bond donors (Lipinski definition) is 1. The smallest absolute Gasteiger partial charge is 0.305 e. The number of carboxylic acid groups (broad SMARTS) is 1. The van der Waals surface area contributed by atoms with Crippen molar-refractivity contribution in [3.05, 3.63) is 0 Å². The molecule has 0 aliphatic carbocycles. The first kappa shape index (κ1) is 41.3. The van der Waals surface area contributed by atoms with Crippen LogP contribution in [0.25, 0.3) is 0 Å². The van der Waals surface area contributed by atoms with Crippen LogP contribution in [0.4, 0.5) is 0 Å². The van der Waals surface area contributed by atoms with E-state index in [0.29, 0.717) is 158 Å². The SMILES string of the molecule is O=C(O)CCOCCOCCOCCOCCOCCOCCOCCOCCOCCOCCOCCOCCCl. The molecule has 0 aromatic heterocycles. The van der Waals surface area contributed by atoms with Crippen molar-refractivity contribution in [3.8, 4) is 0 Å². The van der Waals surface area contributed by atoms with E-state index in [1.807, 2.05) is 0 Å². The van der Waals surface area contributed by atoms with E-state index in [1.165, 1.54) is 0 Å². The number of carbonyl (C=O) groups is 1. The second-order valence-electron chi connectivity index (χ2n) is 8.18. The van der Waals surface area contributed by atoms with Crippen LogP contribution in [0.3, 0.4) is 0 Å². The average Bonchev–Trinajstić information content (AvgIpc) is 2.98. The van der Waals surface area contributed by atoms with Crippen LogP contribution in [-0.2, 0) is 61.6 Å². The van der Waals surface area contributed by atoms with Gasteiger partial charge < -0.3 is 61.9 Å². The highest BCUT2D eigenvalue weighted by atomic mass is 35.5. The lowest BCUT2D eigenvalue weighted by molar-refractivity contribution is -0.138. The molecule has 0 aliphatic rings. The maximum absolute atomic E-state index is 10.3. The summed E-state index contributed by atoms with van der Waals surface area (Å²) in [6.45, 7) is 11.5. The number of alkyl halides is 1. The van der Waals surface area contributed by atoms with E-state index < -0.39 is 5.97 Å².